The number of aromatic amines is 3. The molecule has 12 heterocycles. The van der Waals surface area contributed by atoms with Gasteiger partial charge in [-0.15, -0.1) is 0 Å². The van der Waals surface area contributed by atoms with Crippen molar-refractivity contribution in [3.63, 3.8) is 0 Å². The zero-order valence-electron chi connectivity index (χ0n) is 55.5. The van der Waals surface area contributed by atoms with Crippen LogP contribution in [-0.4, -0.2) is 157 Å². The summed E-state index contributed by atoms with van der Waals surface area (Å²) in [6.07, 6.45) is 6.63. The lowest BCUT2D eigenvalue weighted by Crippen LogP contribution is -2.72. The summed E-state index contributed by atoms with van der Waals surface area (Å²) in [5.74, 6) is -3.70. The fourth-order valence-electron chi connectivity index (χ4n) is 15.0. The molecule has 3 saturated carbocycles. The van der Waals surface area contributed by atoms with Crippen LogP contribution in [0.15, 0.2) is 139 Å². The third-order valence-corrected chi connectivity index (χ3v) is 19.9. The molecule has 4 N–H and O–H groups in total. The second-order valence-corrected chi connectivity index (χ2v) is 25.3. The summed E-state index contributed by atoms with van der Waals surface area (Å²) in [6.45, 7) is 0. The molecule has 9 aromatic rings. The highest BCUT2D eigenvalue weighted by Crippen LogP contribution is 2.66. The number of esters is 2. The van der Waals surface area contributed by atoms with Crippen LogP contribution >= 0.6 is 0 Å². The molecule has 3 aromatic carbocycles. The topological polar surface area (TPSA) is 435 Å². The van der Waals surface area contributed by atoms with E-state index in [0.29, 0.717) is 45.3 Å². The number of aryl methyl sites for hydroxylation is 3. The number of amides is 5. The number of H-pyrrole nitrogens is 3. The summed E-state index contributed by atoms with van der Waals surface area (Å²) < 4.78 is 53.5. The van der Waals surface area contributed by atoms with E-state index in [0.717, 1.165) is 27.3 Å². The quantitative estimate of drug-likeness (QED) is 0.0845. The van der Waals surface area contributed by atoms with Crippen molar-refractivity contribution in [2.24, 2.45) is 50.7 Å². The molecule has 536 valence electrons. The summed E-state index contributed by atoms with van der Waals surface area (Å²) in [6, 6.07) is 14.4. The number of nitrogens with one attached hydrogen (secondary N) is 4. The van der Waals surface area contributed by atoms with E-state index in [9.17, 15) is 71.9 Å². The Morgan fingerprint density at radius 2 is 0.864 bits per heavy atom. The maximum atomic E-state index is 13.0. The normalized spacial score (nSPS) is 24.3. The number of ether oxygens (including phenoxy) is 6. The number of benzene rings is 3. The van der Waals surface area contributed by atoms with Gasteiger partial charge >= 0.3 is 40.7 Å². The predicted molar refractivity (Wildman–Crippen MR) is 357 cm³/mol. The monoisotopic (exact) mass is 1420 g/mol. The smallest absolute Gasteiger partial charge is 0.336 e. The summed E-state index contributed by atoms with van der Waals surface area (Å²) in [5, 5.41) is 4.94. The van der Waals surface area contributed by atoms with Crippen LogP contribution in [0.3, 0.4) is 0 Å². The van der Waals surface area contributed by atoms with E-state index in [2.05, 4.69) is 20.3 Å². The molecule has 9 aliphatic rings. The first kappa shape index (κ1) is 70.2. The third-order valence-electron chi connectivity index (χ3n) is 19.9. The molecule has 18 rings (SSSR count). The number of carbonyl (C=O) groups is 8. The molecule has 12 atom stereocenters. The van der Waals surface area contributed by atoms with Crippen LogP contribution in [-0.2, 0) is 54.7 Å². The number of carbonyl (C=O) groups excluding carboxylic acids is 8. The van der Waals surface area contributed by atoms with Crippen LogP contribution in [0.4, 0.5) is 4.79 Å². The van der Waals surface area contributed by atoms with E-state index < -0.39 is 77.4 Å². The molecular weight excluding hydrogens is 1350 g/mol. The number of hydrogen-bond donors (Lipinski definition) is 4. The van der Waals surface area contributed by atoms with E-state index in [1.807, 2.05) is 24.3 Å². The number of furan rings is 2. The van der Waals surface area contributed by atoms with Gasteiger partial charge in [0.05, 0.1) is 82.6 Å². The average molecular weight is 1420 g/mol. The summed E-state index contributed by atoms with van der Waals surface area (Å²) in [5.41, 5.74) is 1.03. The second-order valence-electron chi connectivity index (χ2n) is 25.3. The molecule has 103 heavy (non-hydrogen) atoms. The average Bonchev–Trinajstić information content (AvgIpc) is 1.52. The van der Waals surface area contributed by atoms with Gasteiger partial charge in [-0.3, -0.25) is 68.2 Å². The first-order chi connectivity index (χ1) is 48.7. The number of ketones is 2. The van der Waals surface area contributed by atoms with Crippen molar-refractivity contribution in [1.82, 2.24) is 48.7 Å². The van der Waals surface area contributed by atoms with Crippen molar-refractivity contribution in [2.75, 3.05) is 42.5 Å². The summed E-state index contributed by atoms with van der Waals surface area (Å²) >= 11 is 0. The number of fused-ring (bicyclic) bond motifs is 21. The molecule has 34 nitrogen and oxygen atoms in total. The molecule has 0 spiro atoms. The van der Waals surface area contributed by atoms with Crippen molar-refractivity contribution < 1.29 is 80.0 Å². The minimum atomic E-state index is -0.646. The lowest BCUT2D eigenvalue weighted by atomic mass is 9.53. The highest BCUT2D eigenvalue weighted by molar-refractivity contribution is 6.07. The van der Waals surface area contributed by atoms with Gasteiger partial charge in [-0.2, -0.15) is 0 Å². The van der Waals surface area contributed by atoms with E-state index in [1.165, 1.54) is 92.6 Å². The Labute approximate surface area is 578 Å². The number of urea groups is 1. The SMILES string of the molecule is C.COc1c2c(cc3c1OC(=O)C1C3C3C(=O)CC(=O)N(C)C31)C1C(O2)C2C1C(=O)NC(=O)N2C.COc1c2c(cc3ccoc13)C1C3C(=O)CC(=O)N(C)C3C1C(=O)O2.COc1c2occc2cc2ccc(=O)oc12.Cn1ccc(=O)[nH]c1=O.Cn1ccc(=O)[nH]c1=O.Cn1ccc(=O)[nH]c1=O. The van der Waals surface area contributed by atoms with Gasteiger partial charge in [-0.05, 0) is 36.4 Å². The van der Waals surface area contributed by atoms with Gasteiger partial charge in [0.15, 0.2) is 34.0 Å². The highest BCUT2D eigenvalue weighted by atomic mass is 16.6. The number of imide groups is 1. The Morgan fingerprint density at radius 3 is 1.33 bits per heavy atom. The van der Waals surface area contributed by atoms with Crippen LogP contribution < -0.4 is 73.1 Å². The number of piperidine rings is 2. The zero-order chi connectivity index (χ0) is 72.9. The lowest BCUT2D eigenvalue weighted by Gasteiger charge is -2.57. The molecule has 6 aromatic heterocycles. The van der Waals surface area contributed by atoms with Crippen LogP contribution in [0.5, 0.6) is 34.5 Å². The standard InChI is InChI=1S/C23H21N3O8.C18H15NO6.C12H8O4.3C5H6N2O2.CH4/c1-25-9(28)5-8(27)12-10-6-4-7-11-13-16(26(2)23(31)24-21(13)29)19(11)33-17(7)20(32-3)18(6)34-22(30)14(10)15(12)25;1-19-10(21)6-9(20)12-11-8-5-7-3-4-24-15(7)17(23-2)16(8)25-18(22)13(11)14(12)19;1-14-12-10-8(4-5-15-10)6-7-2-3-9(13)16-11(7)12;3*1-7-3-2-4(8)6-5(7)9;/h4,10-16,19H,5H2,1-3H3,(H,24,29,31);3-5,11-14H,6H2,1-2H3;2-6H,1H3;3*2-3H,1H3,(H,6,8,9);1H4. The van der Waals surface area contributed by atoms with Crippen molar-refractivity contribution in [2.45, 2.75) is 62.3 Å². The minimum absolute atomic E-state index is 0. The molecule has 3 aliphatic carbocycles. The Kier molecular flexibility index (Phi) is 18.3. The molecular formula is C69H66N10O24. The Balaban J connectivity index is 0.000000127. The number of likely N-dealkylation sites (N-methyl/N-ethyl adjacent to an activating group) is 1. The number of methoxy groups -OCH3 is 3. The molecule has 3 saturated heterocycles. The lowest BCUT2D eigenvalue weighted by molar-refractivity contribution is -0.172. The van der Waals surface area contributed by atoms with Gasteiger partial charge in [0.2, 0.25) is 35.0 Å². The number of rotatable bonds is 3. The van der Waals surface area contributed by atoms with Crippen LogP contribution in [0, 0.1) is 29.6 Å². The predicted octanol–water partition coefficient (Wildman–Crippen LogP) is 1.66. The molecule has 6 aliphatic heterocycles. The van der Waals surface area contributed by atoms with Crippen molar-refractivity contribution in [1.29, 1.82) is 0 Å². The maximum absolute atomic E-state index is 13.0. The molecule has 6 fully saturated rings. The van der Waals surface area contributed by atoms with Gasteiger partial charge < -0.3 is 70.1 Å². The fraction of sp³-hybridized carbons (Fsp3) is 0.348. The molecule has 12 unspecified atom stereocenters. The van der Waals surface area contributed by atoms with E-state index in [1.54, 1.807) is 66.9 Å². The maximum Gasteiger partial charge on any atom is 0.336 e. The van der Waals surface area contributed by atoms with Gasteiger partial charge in [0.25, 0.3) is 16.7 Å². The van der Waals surface area contributed by atoms with Crippen molar-refractivity contribution in [3.05, 3.63) is 181 Å². The van der Waals surface area contributed by atoms with Gasteiger partial charge in [0.1, 0.15) is 17.7 Å². The van der Waals surface area contributed by atoms with Crippen molar-refractivity contribution >= 4 is 80.2 Å². The largest absolute Gasteiger partial charge is 0.490 e. The summed E-state index contributed by atoms with van der Waals surface area (Å²) in [4.78, 5) is 185. The summed E-state index contributed by atoms with van der Waals surface area (Å²) in [7, 11) is 14.0. The number of aromatic nitrogens is 6. The highest BCUT2D eigenvalue weighted by Gasteiger charge is 2.69. The molecule has 0 radical (unpaired) electrons. The Bertz CT molecular complexity index is 5360. The molecule has 0 bridgehead atoms. The van der Waals surface area contributed by atoms with E-state index in [4.69, 9.17) is 41.7 Å². The number of likely N-dealkylation sites (tertiary alicyclic amines) is 2. The molecule has 5 amide bonds. The Morgan fingerprint density at radius 1 is 0.427 bits per heavy atom. The Hall–Kier alpha value is -12.7. The van der Waals surface area contributed by atoms with E-state index in [-0.39, 0.29) is 113 Å². The van der Waals surface area contributed by atoms with Gasteiger partial charge in [-0.1, -0.05) is 7.43 Å². The number of hydrogen-bond acceptors (Lipinski definition) is 24. The van der Waals surface area contributed by atoms with E-state index >= 15 is 0 Å². The first-order valence-electron chi connectivity index (χ1n) is 31.5. The zero-order valence-corrected chi connectivity index (χ0v) is 55.5. The second kappa shape index (κ2) is 26.8. The van der Waals surface area contributed by atoms with Gasteiger partial charge in [-0.25, -0.2) is 24.0 Å². The minimum Gasteiger partial charge on any atom is -0.490 e. The fourth-order valence-corrected chi connectivity index (χ4v) is 15.0. The van der Waals surface area contributed by atoms with Crippen LogP contribution in [0.2, 0.25) is 0 Å². The van der Waals surface area contributed by atoms with Gasteiger partial charge in [0, 0.05) is 148 Å². The number of Topliss-reactive ketones (excluding diaryl/α,β-unsaturated/α-hetero) is 2. The third kappa shape index (κ3) is 11.7. The number of nitrogens with zero attached hydrogens (tertiary/aromatic N) is 6. The molecule has 34 heteroatoms. The van der Waals surface area contributed by atoms with Crippen LogP contribution in [0.1, 0.15) is 54.7 Å². The first-order valence-corrected chi connectivity index (χ1v) is 31.5. The van der Waals surface area contributed by atoms with Crippen LogP contribution in [0.25, 0.3) is 32.9 Å². The van der Waals surface area contributed by atoms with Crippen molar-refractivity contribution in [3.8, 4) is 34.5 Å².